The zero-order valence-corrected chi connectivity index (χ0v) is 8.53. The quantitative estimate of drug-likeness (QED) is 0.735. The Bertz CT molecular complexity index is 294. The Morgan fingerprint density at radius 3 is 2.54 bits per heavy atom. The smallest absolute Gasteiger partial charge is 0.264 e. The lowest BCUT2D eigenvalue weighted by Gasteiger charge is -2.16. The number of nitrogens with zero attached hydrogens (tertiary/aromatic N) is 1. The Morgan fingerprint density at radius 2 is 2.15 bits per heavy atom. The van der Waals surface area contributed by atoms with E-state index in [1.54, 1.807) is 4.90 Å². The van der Waals surface area contributed by atoms with Gasteiger partial charge in [-0.25, -0.2) is 4.39 Å². The highest BCUT2D eigenvalue weighted by atomic mass is 32.1. The van der Waals surface area contributed by atoms with Crippen LogP contribution in [0.5, 0.6) is 0 Å². The van der Waals surface area contributed by atoms with E-state index in [0.717, 1.165) is 11.3 Å². The Morgan fingerprint density at radius 1 is 1.54 bits per heavy atom. The summed E-state index contributed by atoms with van der Waals surface area (Å²) in [5, 5.41) is 1.34. The van der Waals surface area contributed by atoms with Crippen molar-refractivity contribution in [2.24, 2.45) is 0 Å². The molecule has 0 aromatic carbocycles. The van der Waals surface area contributed by atoms with E-state index in [1.807, 2.05) is 13.8 Å². The van der Waals surface area contributed by atoms with Crippen LogP contribution in [0.25, 0.3) is 0 Å². The first-order valence-corrected chi connectivity index (χ1v) is 5.10. The van der Waals surface area contributed by atoms with Crippen LogP contribution < -0.4 is 0 Å². The minimum atomic E-state index is -0.333. The zero-order chi connectivity index (χ0) is 9.84. The Kier molecular flexibility index (Phi) is 3.42. The lowest BCUT2D eigenvalue weighted by molar-refractivity contribution is 0.0777. The minimum absolute atomic E-state index is 0.0844. The van der Waals surface area contributed by atoms with Crippen LogP contribution in [-0.2, 0) is 0 Å². The van der Waals surface area contributed by atoms with E-state index in [2.05, 4.69) is 0 Å². The third kappa shape index (κ3) is 2.28. The summed E-state index contributed by atoms with van der Waals surface area (Å²) in [6, 6.07) is 1.28. The molecule has 0 bridgehead atoms. The van der Waals surface area contributed by atoms with E-state index in [4.69, 9.17) is 0 Å². The number of carbonyl (C=O) groups is 1. The number of hydrogen-bond acceptors (Lipinski definition) is 2. The fourth-order valence-corrected chi connectivity index (χ4v) is 1.81. The first-order valence-electron chi connectivity index (χ1n) is 4.22. The van der Waals surface area contributed by atoms with Crippen molar-refractivity contribution in [1.29, 1.82) is 0 Å². The van der Waals surface area contributed by atoms with Crippen molar-refractivity contribution < 1.29 is 9.18 Å². The first-order chi connectivity index (χ1) is 6.19. The number of carbonyl (C=O) groups excluding carboxylic acids is 1. The van der Waals surface area contributed by atoms with Gasteiger partial charge in [0.1, 0.15) is 5.82 Å². The molecule has 0 fully saturated rings. The van der Waals surface area contributed by atoms with Crippen LogP contribution in [0.15, 0.2) is 11.4 Å². The van der Waals surface area contributed by atoms with Gasteiger partial charge < -0.3 is 4.90 Å². The van der Waals surface area contributed by atoms with Gasteiger partial charge in [0, 0.05) is 18.5 Å². The van der Waals surface area contributed by atoms with Gasteiger partial charge in [-0.3, -0.25) is 4.79 Å². The summed E-state index contributed by atoms with van der Waals surface area (Å²) in [5.41, 5.74) is 0. The number of rotatable bonds is 3. The molecule has 1 aromatic rings. The van der Waals surface area contributed by atoms with E-state index in [9.17, 15) is 9.18 Å². The van der Waals surface area contributed by atoms with Crippen LogP contribution in [0.3, 0.4) is 0 Å². The first kappa shape index (κ1) is 10.2. The second-order valence-corrected chi connectivity index (χ2v) is 3.52. The molecule has 1 rings (SSSR count). The highest BCUT2D eigenvalue weighted by Crippen LogP contribution is 2.15. The maximum atomic E-state index is 12.6. The van der Waals surface area contributed by atoms with Crippen LogP contribution in [0.2, 0.25) is 0 Å². The number of halogens is 1. The summed E-state index contributed by atoms with van der Waals surface area (Å²) in [6.45, 7) is 5.14. The Labute approximate surface area is 81.0 Å². The minimum Gasteiger partial charge on any atom is -0.339 e. The fraction of sp³-hybridized carbons (Fsp3) is 0.444. The molecule has 0 N–H and O–H groups in total. The van der Waals surface area contributed by atoms with E-state index in [0.29, 0.717) is 18.0 Å². The lowest BCUT2D eigenvalue weighted by atomic mass is 10.4. The maximum absolute atomic E-state index is 12.6. The van der Waals surface area contributed by atoms with Gasteiger partial charge in [0.25, 0.3) is 5.91 Å². The molecule has 0 saturated heterocycles. The molecular formula is C9H12FNOS. The van der Waals surface area contributed by atoms with E-state index in [-0.39, 0.29) is 11.7 Å². The van der Waals surface area contributed by atoms with Crippen molar-refractivity contribution in [3.05, 3.63) is 22.1 Å². The molecule has 72 valence electrons. The van der Waals surface area contributed by atoms with Gasteiger partial charge in [0.15, 0.2) is 0 Å². The standard InChI is InChI=1S/C9H12FNOS/c1-3-11(4-2)9(12)8-5-7(10)6-13-8/h5-6H,3-4H2,1-2H3. The molecule has 0 aliphatic carbocycles. The number of thiophene rings is 1. The molecule has 4 heteroatoms. The topological polar surface area (TPSA) is 20.3 Å². The third-order valence-corrected chi connectivity index (χ3v) is 2.72. The predicted octanol–water partition coefficient (Wildman–Crippen LogP) is 2.37. The van der Waals surface area contributed by atoms with Crippen molar-refractivity contribution >= 4 is 17.2 Å². The molecule has 0 aliphatic heterocycles. The molecule has 0 radical (unpaired) electrons. The summed E-state index contributed by atoms with van der Waals surface area (Å²) in [6.07, 6.45) is 0. The highest BCUT2D eigenvalue weighted by molar-refractivity contribution is 7.12. The van der Waals surface area contributed by atoms with Crippen LogP contribution in [0, 0.1) is 5.82 Å². The van der Waals surface area contributed by atoms with Crippen LogP contribution in [0.1, 0.15) is 23.5 Å². The molecule has 1 heterocycles. The largest absolute Gasteiger partial charge is 0.339 e. The molecule has 0 saturated carbocycles. The Hall–Kier alpha value is -0.900. The maximum Gasteiger partial charge on any atom is 0.264 e. The van der Waals surface area contributed by atoms with Gasteiger partial charge >= 0.3 is 0 Å². The number of hydrogen-bond donors (Lipinski definition) is 0. The number of amides is 1. The Balaban J connectivity index is 2.78. The monoisotopic (exact) mass is 201 g/mol. The molecule has 0 spiro atoms. The van der Waals surface area contributed by atoms with Crippen LogP contribution >= 0.6 is 11.3 Å². The van der Waals surface area contributed by atoms with Crippen molar-refractivity contribution in [2.75, 3.05) is 13.1 Å². The summed E-state index contributed by atoms with van der Waals surface area (Å²) in [5.74, 6) is -0.417. The van der Waals surface area contributed by atoms with Crippen molar-refractivity contribution in [3.63, 3.8) is 0 Å². The van der Waals surface area contributed by atoms with E-state index < -0.39 is 0 Å². The van der Waals surface area contributed by atoms with Gasteiger partial charge in [-0.15, -0.1) is 11.3 Å². The van der Waals surface area contributed by atoms with Crippen molar-refractivity contribution in [2.45, 2.75) is 13.8 Å². The molecule has 0 aliphatic rings. The van der Waals surface area contributed by atoms with Gasteiger partial charge in [-0.2, -0.15) is 0 Å². The van der Waals surface area contributed by atoms with Crippen LogP contribution in [-0.4, -0.2) is 23.9 Å². The van der Waals surface area contributed by atoms with Gasteiger partial charge in [0.05, 0.1) is 4.88 Å². The average Bonchev–Trinajstić information content (AvgIpc) is 2.54. The second-order valence-electron chi connectivity index (χ2n) is 2.61. The summed E-state index contributed by atoms with van der Waals surface area (Å²) < 4.78 is 12.6. The van der Waals surface area contributed by atoms with Gasteiger partial charge in [0.2, 0.25) is 0 Å². The highest BCUT2D eigenvalue weighted by Gasteiger charge is 2.14. The summed E-state index contributed by atoms with van der Waals surface area (Å²) >= 11 is 1.15. The molecule has 2 nitrogen and oxygen atoms in total. The average molecular weight is 201 g/mol. The molecule has 1 aromatic heterocycles. The van der Waals surface area contributed by atoms with Crippen LogP contribution in [0.4, 0.5) is 4.39 Å². The fourth-order valence-electron chi connectivity index (χ4n) is 1.09. The summed E-state index contributed by atoms with van der Waals surface area (Å²) in [4.78, 5) is 13.7. The summed E-state index contributed by atoms with van der Waals surface area (Å²) in [7, 11) is 0. The second kappa shape index (κ2) is 4.37. The SMILES string of the molecule is CCN(CC)C(=O)c1cc(F)cs1. The van der Waals surface area contributed by atoms with Gasteiger partial charge in [-0.1, -0.05) is 0 Å². The molecule has 0 unspecified atom stereocenters. The van der Waals surface area contributed by atoms with Crippen molar-refractivity contribution in [1.82, 2.24) is 4.90 Å². The normalized spacial score (nSPS) is 10.1. The third-order valence-electron chi connectivity index (χ3n) is 1.83. The molecule has 13 heavy (non-hydrogen) atoms. The molecular weight excluding hydrogens is 189 g/mol. The predicted molar refractivity (Wildman–Crippen MR) is 51.5 cm³/mol. The van der Waals surface area contributed by atoms with Crippen molar-refractivity contribution in [3.8, 4) is 0 Å². The zero-order valence-electron chi connectivity index (χ0n) is 7.71. The van der Waals surface area contributed by atoms with Gasteiger partial charge in [-0.05, 0) is 19.9 Å². The molecule has 0 atom stereocenters. The lowest BCUT2D eigenvalue weighted by Crippen LogP contribution is -2.29. The van der Waals surface area contributed by atoms with E-state index in [1.165, 1.54) is 11.4 Å². The van der Waals surface area contributed by atoms with E-state index >= 15 is 0 Å². The molecule has 1 amide bonds.